The SMILES string of the molecule is CCCn1c(CN)nnc1CC1CCCCO1. The molecule has 1 fully saturated rings. The van der Waals surface area contributed by atoms with E-state index in [4.69, 9.17) is 10.5 Å². The fourth-order valence-corrected chi connectivity index (χ4v) is 2.33. The van der Waals surface area contributed by atoms with Crippen LogP contribution in [-0.4, -0.2) is 27.5 Å². The molecule has 1 saturated heterocycles. The first-order valence-corrected chi connectivity index (χ1v) is 6.57. The van der Waals surface area contributed by atoms with Crippen molar-refractivity contribution in [1.82, 2.24) is 14.8 Å². The molecule has 0 saturated carbocycles. The summed E-state index contributed by atoms with van der Waals surface area (Å²) < 4.78 is 7.90. The van der Waals surface area contributed by atoms with E-state index in [0.717, 1.165) is 44.1 Å². The van der Waals surface area contributed by atoms with Crippen LogP contribution in [0.15, 0.2) is 0 Å². The number of nitrogens with zero attached hydrogens (tertiary/aromatic N) is 3. The van der Waals surface area contributed by atoms with E-state index in [1.807, 2.05) is 0 Å². The van der Waals surface area contributed by atoms with Gasteiger partial charge in [-0.05, 0) is 25.7 Å². The Kier molecular flexibility index (Phi) is 4.50. The van der Waals surface area contributed by atoms with Gasteiger partial charge in [0.05, 0.1) is 12.6 Å². The van der Waals surface area contributed by atoms with Gasteiger partial charge in [-0.15, -0.1) is 10.2 Å². The first kappa shape index (κ1) is 12.5. The van der Waals surface area contributed by atoms with Gasteiger partial charge in [0.15, 0.2) is 0 Å². The van der Waals surface area contributed by atoms with Gasteiger partial charge in [0, 0.05) is 19.6 Å². The van der Waals surface area contributed by atoms with Gasteiger partial charge in [0.2, 0.25) is 0 Å². The molecular weight excluding hydrogens is 216 g/mol. The second-order valence-electron chi connectivity index (χ2n) is 4.58. The third kappa shape index (κ3) is 3.04. The first-order valence-electron chi connectivity index (χ1n) is 6.57. The molecule has 0 bridgehead atoms. The highest BCUT2D eigenvalue weighted by atomic mass is 16.5. The molecular formula is C12H22N4O. The van der Waals surface area contributed by atoms with Crippen molar-refractivity contribution >= 4 is 0 Å². The average molecular weight is 238 g/mol. The van der Waals surface area contributed by atoms with E-state index < -0.39 is 0 Å². The summed E-state index contributed by atoms with van der Waals surface area (Å²) >= 11 is 0. The van der Waals surface area contributed by atoms with Crippen molar-refractivity contribution in [2.75, 3.05) is 6.61 Å². The molecule has 0 spiro atoms. The third-order valence-electron chi connectivity index (χ3n) is 3.22. The molecule has 96 valence electrons. The highest BCUT2D eigenvalue weighted by Gasteiger charge is 2.19. The maximum absolute atomic E-state index is 5.75. The van der Waals surface area contributed by atoms with Gasteiger partial charge in [-0.25, -0.2) is 0 Å². The van der Waals surface area contributed by atoms with Gasteiger partial charge < -0.3 is 15.0 Å². The molecule has 17 heavy (non-hydrogen) atoms. The van der Waals surface area contributed by atoms with Crippen LogP contribution in [0.5, 0.6) is 0 Å². The minimum atomic E-state index is 0.314. The summed E-state index contributed by atoms with van der Waals surface area (Å²) in [7, 11) is 0. The number of hydrogen-bond acceptors (Lipinski definition) is 4. The fraction of sp³-hybridized carbons (Fsp3) is 0.833. The predicted molar refractivity (Wildman–Crippen MR) is 65.5 cm³/mol. The molecule has 1 atom stereocenters. The summed E-state index contributed by atoms with van der Waals surface area (Å²) in [4.78, 5) is 0. The highest BCUT2D eigenvalue weighted by Crippen LogP contribution is 2.17. The monoisotopic (exact) mass is 238 g/mol. The fourth-order valence-electron chi connectivity index (χ4n) is 2.33. The van der Waals surface area contributed by atoms with E-state index in [9.17, 15) is 0 Å². The lowest BCUT2D eigenvalue weighted by molar-refractivity contribution is 0.0151. The molecule has 1 unspecified atom stereocenters. The number of aromatic nitrogens is 3. The zero-order chi connectivity index (χ0) is 12.1. The minimum absolute atomic E-state index is 0.314. The van der Waals surface area contributed by atoms with Gasteiger partial charge in [-0.1, -0.05) is 6.92 Å². The van der Waals surface area contributed by atoms with Crippen LogP contribution in [0.4, 0.5) is 0 Å². The Morgan fingerprint density at radius 3 is 2.82 bits per heavy atom. The molecule has 0 amide bonds. The smallest absolute Gasteiger partial charge is 0.146 e. The van der Waals surface area contributed by atoms with Crippen LogP contribution >= 0.6 is 0 Å². The number of rotatable bonds is 5. The Bertz CT molecular complexity index is 344. The lowest BCUT2D eigenvalue weighted by Gasteiger charge is -2.22. The zero-order valence-electron chi connectivity index (χ0n) is 10.6. The lowest BCUT2D eigenvalue weighted by Crippen LogP contribution is -2.23. The maximum atomic E-state index is 5.75. The summed E-state index contributed by atoms with van der Waals surface area (Å²) in [5, 5.41) is 8.40. The molecule has 1 aromatic rings. The van der Waals surface area contributed by atoms with E-state index >= 15 is 0 Å². The number of hydrogen-bond donors (Lipinski definition) is 1. The topological polar surface area (TPSA) is 66.0 Å². The van der Waals surface area contributed by atoms with E-state index in [1.54, 1.807) is 0 Å². The molecule has 0 radical (unpaired) electrons. The summed E-state index contributed by atoms with van der Waals surface area (Å²) in [5.74, 6) is 1.91. The largest absolute Gasteiger partial charge is 0.378 e. The molecule has 2 N–H and O–H groups in total. The van der Waals surface area contributed by atoms with E-state index in [0.29, 0.717) is 12.6 Å². The minimum Gasteiger partial charge on any atom is -0.378 e. The van der Waals surface area contributed by atoms with Crippen LogP contribution in [0.2, 0.25) is 0 Å². The molecule has 1 aliphatic heterocycles. The Morgan fingerprint density at radius 1 is 1.35 bits per heavy atom. The standard InChI is InChI=1S/C12H22N4O/c1-2-6-16-11(14-15-12(16)9-13)8-10-5-3-4-7-17-10/h10H,2-9,13H2,1H3. The van der Waals surface area contributed by atoms with Gasteiger partial charge >= 0.3 is 0 Å². The van der Waals surface area contributed by atoms with Crippen molar-refractivity contribution in [2.45, 2.75) is 58.2 Å². The summed E-state index contributed by atoms with van der Waals surface area (Å²) in [6, 6.07) is 0. The number of ether oxygens (including phenoxy) is 1. The van der Waals surface area contributed by atoms with Crippen molar-refractivity contribution < 1.29 is 4.74 Å². The van der Waals surface area contributed by atoms with Crippen LogP contribution in [0, 0.1) is 0 Å². The van der Waals surface area contributed by atoms with E-state index in [2.05, 4.69) is 21.7 Å². The van der Waals surface area contributed by atoms with Crippen molar-refractivity contribution in [2.24, 2.45) is 5.73 Å². The Hall–Kier alpha value is -0.940. The molecule has 0 aromatic carbocycles. The quantitative estimate of drug-likeness (QED) is 0.838. The molecule has 5 heteroatoms. The Labute approximate surface area is 102 Å². The van der Waals surface area contributed by atoms with Crippen molar-refractivity contribution in [3.8, 4) is 0 Å². The first-order chi connectivity index (χ1) is 8.35. The summed E-state index contributed by atoms with van der Waals surface area (Å²) in [6.07, 6.45) is 5.84. The molecule has 1 aliphatic rings. The van der Waals surface area contributed by atoms with Crippen LogP contribution < -0.4 is 5.73 Å². The Morgan fingerprint density at radius 2 is 2.18 bits per heavy atom. The zero-order valence-corrected chi connectivity index (χ0v) is 10.6. The van der Waals surface area contributed by atoms with E-state index in [-0.39, 0.29) is 0 Å². The van der Waals surface area contributed by atoms with Crippen molar-refractivity contribution in [1.29, 1.82) is 0 Å². The van der Waals surface area contributed by atoms with Crippen LogP contribution in [-0.2, 0) is 24.2 Å². The van der Waals surface area contributed by atoms with Crippen molar-refractivity contribution in [3.05, 3.63) is 11.6 Å². The van der Waals surface area contributed by atoms with Gasteiger partial charge in [0.1, 0.15) is 11.6 Å². The molecule has 1 aromatic heterocycles. The molecule has 2 heterocycles. The van der Waals surface area contributed by atoms with Crippen LogP contribution in [0.3, 0.4) is 0 Å². The predicted octanol–water partition coefficient (Wildman–Crippen LogP) is 1.26. The Balaban J connectivity index is 2.05. The molecule has 5 nitrogen and oxygen atoms in total. The molecule has 2 rings (SSSR count). The second-order valence-corrected chi connectivity index (χ2v) is 4.58. The highest BCUT2D eigenvalue weighted by molar-refractivity contribution is 4.97. The van der Waals surface area contributed by atoms with Crippen LogP contribution in [0.1, 0.15) is 44.3 Å². The van der Waals surface area contributed by atoms with E-state index in [1.165, 1.54) is 12.8 Å². The maximum Gasteiger partial charge on any atom is 0.146 e. The normalized spacial score (nSPS) is 20.7. The van der Waals surface area contributed by atoms with Gasteiger partial charge in [-0.2, -0.15) is 0 Å². The summed E-state index contributed by atoms with van der Waals surface area (Å²) in [6.45, 7) is 4.44. The van der Waals surface area contributed by atoms with Crippen LogP contribution in [0.25, 0.3) is 0 Å². The molecule has 0 aliphatic carbocycles. The third-order valence-corrected chi connectivity index (χ3v) is 3.22. The van der Waals surface area contributed by atoms with Crippen molar-refractivity contribution in [3.63, 3.8) is 0 Å². The second kappa shape index (κ2) is 6.12. The lowest BCUT2D eigenvalue weighted by atomic mass is 10.1. The van der Waals surface area contributed by atoms with Gasteiger partial charge in [-0.3, -0.25) is 0 Å². The number of nitrogens with two attached hydrogens (primary N) is 1. The summed E-state index contributed by atoms with van der Waals surface area (Å²) in [5.41, 5.74) is 5.67. The van der Waals surface area contributed by atoms with Gasteiger partial charge in [0.25, 0.3) is 0 Å². The average Bonchev–Trinajstić information content (AvgIpc) is 2.74.